The quantitative estimate of drug-likeness (QED) is 0.851. The monoisotopic (exact) mass is 336 g/mol. The van der Waals surface area contributed by atoms with Gasteiger partial charge in [-0.1, -0.05) is 6.07 Å². The lowest BCUT2D eigenvalue weighted by Crippen LogP contribution is -2.43. The zero-order valence-corrected chi connectivity index (χ0v) is 13.3. The van der Waals surface area contributed by atoms with Crippen molar-refractivity contribution in [2.24, 2.45) is 7.05 Å². The average molecular weight is 336 g/mol. The van der Waals surface area contributed by atoms with Gasteiger partial charge in [0.25, 0.3) is 0 Å². The third-order valence-corrected chi connectivity index (χ3v) is 4.08. The maximum Gasteiger partial charge on any atom is 0.223 e. The van der Waals surface area contributed by atoms with Gasteiger partial charge in [0.1, 0.15) is 24.1 Å². The van der Waals surface area contributed by atoms with Gasteiger partial charge in [-0.3, -0.25) is 4.79 Å². The van der Waals surface area contributed by atoms with Crippen molar-refractivity contribution in [3.63, 3.8) is 0 Å². The Morgan fingerprint density at radius 3 is 2.96 bits per heavy atom. The molecule has 0 spiro atoms. The van der Waals surface area contributed by atoms with E-state index >= 15 is 0 Å². The minimum atomic E-state index is -0.623. The molecule has 1 fully saturated rings. The fourth-order valence-corrected chi connectivity index (χ4v) is 2.74. The van der Waals surface area contributed by atoms with Crippen LogP contribution in [-0.4, -0.2) is 45.3 Å². The highest BCUT2D eigenvalue weighted by Gasteiger charge is 2.28. The lowest BCUT2D eigenvalue weighted by atomic mass is 10.1. The number of carbonyl (C=O) groups excluding carboxylic acids is 1. The second-order valence-corrected chi connectivity index (χ2v) is 5.73. The molecule has 128 valence electrons. The first-order valence-corrected chi connectivity index (χ1v) is 7.72. The Hall–Kier alpha value is -2.35. The van der Waals surface area contributed by atoms with Crippen LogP contribution in [0.25, 0.3) is 0 Å². The molecule has 0 bridgehead atoms. The second-order valence-electron chi connectivity index (χ2n) is 5.73. The molecular formula is C16H18F2N4O2. The SMILES string of the molecule is Cn1cnnc1[C@@H]1CN(C(=O)CCc2ccc(F)cc2F)CCO1. The summed E-state index contributed by atoms with van der Waals surface area (Å²) in [6.45, 7) is 1.28. The molecule has 1 aromatic heterocycles. The normalized spacial score (nSPS) is 18.0. The van der Waals surface area contributed by atoms with Gasteiger partial charge < -0.3 is 14.2 Å². The highest BCUT2D eigenvalue weighted by molar-refractivity contribution is 5.76. The van der Waals surface area contributed by atoms with Crippen molar-refractivity contribution < 1.29 is 18.3 Å². The van der Waals surface area contributed by atoms with Crippen molar-refractivity contribution in [1.82, 2.24) is 19.7 Å². The van der Waals surface area contributed by atoms with E-state index in [2.05, 4.69) is 10.2 Å². The molecule has 0 saturated carbocycles. The molecule has 3 rings (SSSR count). The van der Waals surface area contributed by atoms with E-state index in [-0.39, 0.29) is 24.9 Å². The Kier molecular flexibility index (Phi) is 4.84. The standard InChI is InChI=1S/C16H18F2N4O2/c1-21-10-19-20-16(21)14-9-22(6-7-24-14)15(23)5-3-11-2-4-12(17)8-13(11)18/h2,4,8,10,14H,3,5-7,9H2,1H3/t14-/m0/s1. The Balaban J connectivity index is 1.59. The summed E-state index contributed by atoms with van der Waals surface area (Å²) in [5.41, 5.74) is 0.336. The molecule has 0 aliphatic carbocycles. The molecule has 1 aliphatic rings. The number of hydrogen-bond acceptors (Lipinski definition) is 4. The fraction of sp³-hybridized carbons (Fsp3) is 0.438. The Morgan fingerprint density at radius 1 is 1.42 bits per heavy atom. The van der Waals surface area contributed by atoms with Crippen LogP contribution in [0.3, 0.4) is 0 Å². The maximum absolute atomic E-state index is 13.6. The van der Waals surface area contributed by atoms with E-state index in [1.54, 1.807) is 15.8 Å². The van der Waals surface area contributed by atoms with Gasteiger partial charge in [-0.15, -0.1) is 10.2 Å². The van der Waals surface area contributed by atoms with Gasteiger partial charge in [0.05, 0.1) is 13.2 Å². The number of benzene rings is 1. The van der Waals surface area contributed by atoms with E-state index in [9.17, 15) is 13.6 Å². The first-order valence-electron chi connectivity index (χ1n) is 7.72. The Morgan fingerprint density at radius 2 is 2.25 bits per heavy atom. The first kappa shape index (κ1) is 16.5. The highest BCUT2D eigenvalue weighted by Crippen LogP contribution is 2.21. The van der Waals surface area contributed by atoms with Crippen LogP contribution in [-0.2, 0) is 23.0 Å². The van der Waals surface area contributed by atoms with Gasteiger partial charge in [0.15, 0.2) is 5.82 Å². The highest BCUT2D eigenvalue weighted by atomic mass is 19.1. The number of morpholine rings is 1. The number of halogens is 2. The largest absolute Gasteiger partial charge is 0.366 e. The molecular weight excluding hydrogens is 318 g/mol. The van der Waals surface area contributed by atoms with E-state index in [0.717, 1.165) is 6.07 Å². The van der Waals surface area contributed by atoms with Crippen LogP contribution in [0.1, 0.15) is 23.9 Å². The molecule has 1 atom stereocenters. The van der Waals surface area contributed by atoms with E-state index in [1.807, 2.05) is 7.05 Å². The predicted octanol–water partition coefficient (Wildman–Crippen LogP) is 1.63. The molecule has 1 amide bonds. The molecule has 2 aromatic rings. The minimum absolute atomic E-state index is 0.0887. The molecule has 8 heteroatoms. The van der Waals surface area contributed by atoms with E-state index in [4.69, 9.17) is 4.74 Å². The fourth-order valence-electron chi connectivity index (χ4n) is 2.74. The summed E-state index contributed by atoms with van der Waals surface area (Å²) in [7, 11) is 1.82. The summed E-state index contributed by atoms with van der Waals surface area (Å²) in [6.07, 6.45) is 1.65. The van der Waals surface area contributed by atoms with Crippen LogP contribution < -0.4 is 0 Å². The number of nitrogens with zero attached hydrogens (tertiary/aromatic N) is 4. The molecule has 24 heavy (non-hydrogen) atoms. The summed E-state index contributed by atoms with van der Waals surface area (Å²) in [6, 6.07) is 3.40. The number of aryl methyl sites for hydroxylation is 2. The predicted molar refractivity (Wildman–Crippen MR) is 81.0 cm³/mol. The van der Waals surface area contributed by atoms with Crippen molar-refractivity contribution in [2.75, 3.05) is 19.7 Å². The molecule has 2 heterocycles. The van der Waals surface area contributed by atoms with Crippen LogP contribution >= 0.6 is 0 Å². The Labute approximate surface area is 138 Å². The Bertz CT molecular complexity index is 735. The molecule has 1 aromatic carbocycles. The number of carbonyl (C=O) groups is 1. The summed E-state index contributed by atoms with van der Waals surface area (Å²) in [5.74, 6) is -0.671. The van der Waals surface area contributed by atoms with Crippen LogP contribution in [0.15, 0.2) is 24.5 Å². The number of ether oxygens (including phenoxy) is 1. The zero-order valence-electron chi connectivity index (χ0n) is 13.3. The zero-order chi connectivity index (χ0) is 17.1. The molecule has 0 N–H and O–H groups in total. The van der Waals surface area contributed by atoms with Gasteiger partial charge in [-0.25, -0.2) is 8.78 Å². The lowest BCUT2D eigenvalue weighted by Gasteiger charge is -2.32. The summed E-state index contributed by atoms with van der Waals surface area (Å²) in [4.78, 5) is 14.1. The van der Waals surface area contributed by atoms with Crippen LogP contribution in [0.5, 0.6) is 0 Å². The third kappa shape index (κ3) is 3.59. The van der Waals surface area contributed by atoms with Crippen LogP contribution in [0.2, 0.25) is 0 Å². The minimum Gasteiger partial charge on any atom is -0.366 e. The number of aromatic nitrogens is 3. The second kappa shape index (κ2) is 7.04. The molecule has 1 saturated heterocycles. The number of rotatable bonds is 4. The van der Waals surface area contributed by atoms with Crippen molar-refractivity contribution in [2.45, 2.75) is 18.9 Å². The van der Waals surface area contributed by atoms with Gasteiger partial charge in [0, 0.05) is 26.1 Å². The maximum atomic E-state index is 13.6. The van der Waals surface area contributed by atoms with Crippen LogP contribution in [0, 0.1) is 11.6 Å². The number of hydrogen-bond donors (Lipinski definition) is 0. The molecule has 1 aliphatic heterocycles. The summed E-state index contributed by atoms with van der Waals surface area (Å²) < 4.78 is 34.0. The molecule has 6 nitrogen and oxygen atoms in total. The van der Waals surface area contributed by atoms with E-state index in [1.165, 1.54) is 12.1 Å². The van der Waals surface area contributed by atoms with Crippen molar-refractivity contribution >= 4 is 5.91 Å². The summed E-state index contributed by atoms with van der Waals surface area (Å²) >= 11 is 0. The number of amides is 1. The molecule has 0 unspecified atom stereocenters. The van der Waals surface area contributed by atoms with Crippen molar-refractivity contribution in [1.29, 1.82) is 0 Å². The van der Waals surface area contributed by atoms with Gasteiger partial charge in [-0.2, -0.15) is 0 Å². The third-order valence-electron chi connectivity index (χ3n) is 4.08. The lowest BCUT2D eigenvalue weighted by molar-refractivity contribution is -0.139. The first-order chi connectivity index (χ1) is 11.5. The van der Waals surface area contributed by atoms with Crippen molar-refractivity contribution in [3.8, 4) is 0 Å². The van der Waals surface area contributed by atoms with Crippen molar-refractivity contribution in [3.05, 3.63) is 47.5 Å². The molecule has 0 radical (unpaired) electrons. The van der Waals surface area contributed by atoms with Gasteiger partial charge in [-0.05, 0) is 18.1 Å². The van der Waals surface area contributed by atoms with Crippen LogP contribution in [0.4, 0.5) is 8.78 Å². The average Bonchev–Trinajstić information content (AvgIpc) is 3.00. The van der Waals surface area contributed by atoms with E-state index < -0.39 is 11.6 Å². The van der Waals surface area contributed by atoms with Gasteiger partial charge >= 0.3 is 0 Å². The summed E-state index contributed by atoms with van der Waals surface area (Å²) in [5, 5.41) is 7.83. The topological polar surface area (TPSA) is 60.2 Å². The van der Waals surface area contributed by atoms with Gasteiger partial charge in [0.2, 0.25) is 5.91 Å². The smallest absolute Gasteiger partial charge is 0.223 e. The van der Waals surface area contributed by atoms with E-state index in [0.29, 0.717) is 31.1 Å².